The second-order valence-electron chi connectivity index (χ2n) is 7.06. The summed E-state index contributed by atoms with van der Waals surface area (Å²) < 4.78 is 1.71. The monoisotopic (exact) mass is 374 g/mol. The number of hydrogen-bond donors (Lipinski definition) is 2. The summed E-state index contributed by atoms with van der Waals surface area (Å²) >= 11 is 0. The Labute approximate surface area is 163 Å². The van der Waals surface area contributed by atoms with Crippen molar-refractivity contribution in [1.82, 2.24) is 15.1 Å². The summed E-state index contributed by atoms with van der Waals surface area (Å²) in [6.07, 6.45) is 2.11. The van der Waals surface area contributed by atoms with Crippen LogP contribution >= 0.6 is 0 Å². The van der Waals surface area contributed by atoms with Crippen molar-refractivity contribution in [3.63, 3.8) is 0 Å². The highest BCUT2D eigenvalue weighted by atomic mass is 16.2. The fourth-order valence-electron chi connectivity index (χ4n) is 3.20. The lowest BCUT2D eigenvalue weighted by Gasteiger charge is -2.11. The van der Waals surface area contributed by atoms with Crippen molar-refractivity contribution in [3.8, 4) is 16.8 Å². The van der Waals surface area contributed by atoms with Crippen molar-refractivity contribution < 1.29 is 9.59 Å². The number of aromatic nitrogens is 2. The van der Waals surface area contributed by atoms with Crippen LogP contribution in [0.15, 0.2) is 54.6 Å². The predicted octanol–water partition coefficient (Wildman–Crippen LogP) is 3.70. The zero-order valence-electron chi connectivity index (χ0n) is 15.9. The minimum absolute atomic E-state index is 0.0576. The quantitative estimate of drug-likeness (QED) is 0.715. The van der Waals surface area contributed by atoms with Crippen LogP contribution in [0.4, 0.5) is 5.82 Å². The van der Waals surface area contributed by atoms with Crippen LogP contribution in [0.25, 0.3) is 16.8 Å². The van der Waals surface area contributed by atoms with Crippen molar-refractivity contribution in [2.75, 3.05) is 5.32 Å². The fraction of sp³-hybridized carbons (Fsp3) is 0.227. The molecule has 2 amide bonds. The van der Waals surface area contributed by atoms with Crippen LogP contribution in [0.2, 0.25) is 0 Å². The number of aryl methyl sites for hydroxylation is 1. The Morgan fingerprint density at radius 2 is 1.71 bits per heavy atom. The van der Waals surface area contributed by atoms with E-state index in [2.05, 4.69) is 15.7 Å². The van der Waals surface area contributed by atoms with Crippen LogP contribution in [0, 0.1) is 6.92 Å². The fourth-order valence-corrected chi connectivity index (χ4v) is 3.20. The lowest BCUT2D eigenvalue weighted by Crippen LogP contribution is -2.25. The van der Waals surface area contributed by atoms with E-state index in [1.165, 1.54) is 6.92 Å². The molecule has 1 fully saturated rings. The van der Waals surface area contributed by atoms with Crippen LogP contribution in [0.5, 0.6) is 0 Å². The molecule has 0 unspecified atom stereocenters. The standard InChI is InChI=1S/C22H22N4O2/c1-14-20(16-6-4-3-5-7-16)21(23-15(2)27)26(25-14)19-12-8-17(9-13-19)22(28)24-18-10-11-18/h3-9,12-13,18H,10-11H2,1-2H3,(H,23,27)(H,24,28). The maximum atomic E-state index is 12.2. The van der Waals surface area contributed by atoms with E-state index in [4.69, 9.17) is 0 Å². The molecule has 2 N–H and O–H groups in total. The molecule has 0 saturated heterocycles. The lowest BCUT2D eigenvalue weighted by molar-refractivity contribution is -0.114. The van der Waals surface area contributed by atoms with Crippen molar-refractivity contribution in [3.05, 3.63) is 65.9 Å². The molecular formula is C22H22N4O2. The number of carbonyl (C=O) groups excluding carboxylic acids is 2. The first-order valence-corrected chi connectivity index (χ1v) is 9.37. The molecule has 3 aromatic rings. The predicted molar refractivity (Wildman–Crippen MR) is 109 cm³/mol. The smallest absolute Gasteiger partial charge is 0.251 e. The molecule has 1 saturated carbocycles. The molecule has 1 aliphatic carbocycles. The number of nitrogens with zero attached hydrogens (tertiary/aromatic N) is 2. The summed E-state index contributed by atoms with van der Waals surface area (Å²) in [5, 5.41) is 10.5. The molecule has 6 nitrogen and oxygen atoms in total. The van der Waals surface area contributed by atoms with Gasteiger partial charge < -0.3 is 10.6 Å². The van der Waals surface area contributed by atoms with Gasteiger partial charge >= 0.3 is 0 Å². The van der Waals surface area contributed by atoms with Gasteiger partial charge in [0.15, 0.2) is 0 Å². The van der Waals surface area contributed by atoms with E-state index >= 15 is 0 Å². The Balaban J connectivity index is 1.72. The highest BCUT2D eigenvalue weighted by Gasteiger charge is 2.24. The van der Waals surface area contributed by atoms with Crippen molar-refractivity contribution in [1.29, 1.82) is 0 Å². The van der Waals surface area contributed by atoms with Crippen molar-refractivity contribution in [2.45, 2.75) is 32.7 Å². The van der Waals surface area contributed by atoms with Gasteiger partial charge in [0.1, 0.15) is 5.82 Å². The molecule has 28 heavy (non-hydrogen) atoms. The molecule has 142 valence electrons. The largest absolute Gasteiger partial charge is 0.349 e. The lowest BCUT2D eigenvalue weighted by atomic mass is 10.1. The minimum atomic E-state index is -0.168. The Kier molecular flexibility index (Phi) is 4.69. The van der Waals surface area contributed by atoms with E-state index in [1.54, 1.807) is 16.8 Å². The molecular weight excluding hydrogens is 352 g/mol. The number of rotatable bonds is 5. The van der Waals surface area contributed by atoms with Crippen LogP contribution < -0.4 is 10.6 Å². The Morgan fingerprint density at radius 1 is 1.04 bits per heavy atom. The van der Waals surface area contributed by atoms with Crippen LogP contribution in [0.1, 0.15) is 35.8 Å². The molecule has 0 bridgehead atoms. The summed E-state index contributed by atoms with van der Waals surface area (Å²) in [6.45, 7) is 3.40. The molecule has 4 rings (SSSR count). The Bertz CT molecular complexity index is 1020. The number of benzene rings is 2. The summed E-state index contributed by atoms with van der Waals surface area (Å²) in [6, 6.07) is 17.4. The van der Waals surface area contributed by atoms with Gasteiger partial charge in [-0.15, -0.1) is 0 Å². The third-order valence-corrected chi connectivity index (χ3v) is 4.70. The van der Waals surface area contributed by atoms with E-state index in [0.717, 1.165) is 35.3 Å². The first-order chi connectivity index (χ1) is 13.5. The van der Waals surface area contributed by atoms with E-state index in [0.29, 0.717) is 17.4 Å². The van der Waals surface area contributed by atoms with Crippen molar-refractivity contribution in [2.24, 2.45) is 0 Å². The van der Waals surface area contributed by atoms with E-state index < -0.39 is 0 Å². The molecule has 0 atom stereocenters. The molecule has 0 aliphatic heterocycles. The first kappa shape index (κ1) is 18.0. The van der Waals surface area contributed by atoms with Crippen LogP contribution in [-0.4, -0.2) is 27.6 Å². The number of carbonyl (C=O) groups is 2. The third kappa shape index (κ3) is 3.67. The van der Waals surface area contributed by atoms with Gasteiger partial charge in [-0.25, -0.2) is 4.68 Å². The average molecular weight is 374 g/mol. The molecule has 1 heterocycles. The summed E-state index contributed by atoms with van der Waals surface area (Å²) in [5.41, 5.74) is 4.06. The zero-order valence-corrected chi connectivity index (χ0v) is 15.9. The molecule has 0 spiro atoms. The molecule has 6 heteroatoms. The highest BCUT2D eigenvalue weighted by Crippen LogP contribution is 2.33. The Hall–Kier alpha value is -3.41. The molecule has 1 aromatic heterocycles. The van der Waals surface area contributed by atoms with Crippen LogP contribution in [0.3, 0.4) is 0 Å². The zero-order chi connectivity index (χ0) is 19.7. The molecule has 2 aromatic carbocycles. The maximum Gasteiger partial charge on any atom is 0.251 e. The topological polar surface area (TPSA) is 76.0 Å². The van der Waals surface area contributed by atoms with Gasteiger partial charge in [0.05, 0.1) is 11.4 Å². The second kappa shape index (κ2) is 7.31. The number of anilines is 1. The van der Waals surface area contributed by atoms with E-state index in [9.17, 15) is 9.59 Å². The summed E-state index contributed by atoms with van der Waals surface area (Å²) in [4.78, 5) is 24.0. The SMILES string of the molecule is CC(=O)Nc1c(-c2ccccc2)c(C)nn1-c1ccc(C(=O)NC2CC2)cc1. The summed E-state index contributed by atoms with van der Waals surface area (Å²) in [7, 11) is 0. The van der Waals surface area contributed by atoms with Gasteiger partial charge in [0.2, 0.25) is 5.91 Å². The first-order valence-electron chi connectivity index (χ1n) is 9.37. The third-order valence-electron chi connectivity index (χ3n) is 4.70. The normalized spacial score (nSPS) is 13.2. The van der Waals surface area contributed by atoms with E-state index in [1.807, 2.05) is 49.4 Å². The summed E-state index contributed by atoms with van der Waals surface area (Å²) in [5.74, 6) is 0.392. The van der Waals surface area contributed by atoms with Gasteiger partial charge in [-0.05, 0) is 49.6 Å². The number of amides is 2. The molecule has 1 aliphatic rings. The van der Waals surface area contributed by atoms with E-state index in [-0.39, 0.29) is 11.8 Å². The van der Waals surface area contributed by atoms with Crippen molar-refractivity contribution >= 4 is 17.6 Å². The second-order valence-corrected chi connectivity index (χ2v) is 7.06. The average Bonchev–Trinajstić information content (AvgIpc) is 3.44. The number of hydrogen-bond acceptors (Lipinski definition) is 3. The van der Waals surface area contributed by atoms with Gasteiger partial charge in [-0.2, -0.15) is 5.10 Å². The van der Waals surface area contributed by atoms with Gasteiger partial charge in [-0.1, -0.05) is 30.3 Å². The van der Waals surface area contributed by atoms with Gasteiger partial charge in [0, 0.05) is 24.1 Å². The van der Waals surface area contributed by atoms with Gasteiger partial charge in [-0.3, -0.25) is 9.59 Å². The Morgan fingerprint density at radius 3 is 2.32 bits per heavy atom. The number of nitrogens with one attached hydrogen (secondary N) is 2. The molecule has 0 radical (unpaired) electrons. The van der Waals surface area contributed by atoms with Gasteiger partial charge in [0.25, 0.3) is 5.91 Å². The minimum Gasteiger partial charge on any atom is -0.349 e. The van der Waals surface area contributed by atoms with Crippen LogP contribution in [-0.2, 0) is 4.79 Å². The maximum absolute atomic E-state index is 12.2. The highest BCUT2D eigenvalue weighted by molar-refractivity contribution is 5.95.